The summed E-state index contributed by atoms with van der Waals surface area (Å²) >= 11 is 0. The third kappa shape index (κ3) is 2.18. The molecule has 5 nitrogen and oxygen atoms in total. The van der Waals surface area contributed by atoms with Gasteiger partial charge in [0.2, 0.25) is 11.8 Å². The van der Waals surface area contributed by atoms with Crippen LogP contribution in [0.5, 0.6) is 0 Å². The molecule has 2 heterocycles. The summed E-state index contributed by atoms with van der Waals surface area (Å²) in [5.41, 5.74) is 1.91. The van der Waals surface area contributed by atoms with Gasteiger partial charge in [-0.25, -0.2) is 0 Å². The fourth-order valence-corrected chi connectivity index (χ4v) is 2.86. The number of morpholine rings is 1. The summed E-state index contributed by atoms with van der Waals surface area (Å²) in [4.78, 5) is 28.2. The van der Waals surface area contributed by atoms with Gasteiger partial charge < -0.3 is 14.5 Å². The summed E-state index contributed by atoms with van der Waals surface area (Å²) < 4.78 is 5.28. The molecule has 3 rings (SSSR count). The van der Waals surface area contributed by atoms with Gasteiger partial charge in [0.25, 0.3) is 0 Å². The lowest BCUT2D eigenvalue weighted by Crippen LogP contribution is -2.50. The number of carbonyl (C=O) groups is 2. The molecule has 0 N–H and O–H groups in total. The zero-order valence-electron chi connectivity index (χ0n) is 11.5. The van der Waals surface area contributed by atoms with Crippen molar-refractivity contribution >= 4 is 11.8 Å². The molecule has 1 saturated heterocycles. The number of hydrogen-bond donors (Lipinski definition) is 0. The van der Waals surface area contributed by atoms with E-state index in [2.05, 4.69) is 0 Å². The number of benzene rings is 1. The van der Waals surface area contributed by atoms with Crippen LogP contribution in [0, 0.1) is 0 Å². The van der Waals surface area contributed by atoms with Gasteiger partial charge in [-0.05, 0) is 11.1 Å². The number of likely N-dealkylation sites (N-methyl/N-ethyl adjacent to an activating group) is 1. The van der Waals surface area contributed by atoms with Crippen molar-refractivity contribution in [3.05, 3.63) is 35.4 Å². The van der Waals surface area contributed by atoms with Gasteiger partial charge in [-0.3, -0.25) is 9.59 Å². The molecule has 2 aliphatic rings. The van der Waals surface area contributed by atoms with Crippen molar-refractivity contribution < 1.29 is 14.3 Å². The number of hydrogen-bond acceptors (Lipinski definition) is 3. The van der Waals surface area contributed by atoms with Crippen molar-refractivity contribution in [1.82, 2.24) is 9.80 Å². The first-order valence-electron chi connectivity index (χ1n) is 6.88. The Morgan fingerprint density at radius 1 is 1.25 bits per heavy atom. The monoisotopic (exact) mass is 274 g/mol. The van der Waals surface area contributed by atoms with Gasteiger partial charge in [-0.2, -0.15) is 0 Å². The molecule has 0 unspecified atom stereocenters. The van der Waals surface area contributed by atoms with E-state index in [1.54, 1.807) is 16.8 Å². The Kier molecular flexibility index (Phi) is 3.44. The van der Waals surface area contributed by atoms with Crippen molar-refractivity contribution in [2.75, 3.05) is 33.4 Å². The SMILES string of the molecule is CN1C(=O)Cc2ccccc2[C@H]1C(=O)N1CCOCC1. The van der Waals surface area contributed by atoms with Crippen LogP contribution in [-0.2, 0) is 20.7 Å². The number of nitrogens with zero attached hydrogens (tertiary/aromatic N) is 2. The molecule has 0 aromatic heterocycles. The van der Waals surface area contributed by atoms with Crippen molar-refractivity contribution in [2.45, 2.75) is 12.5 Å². The van der Waals surface area contributed by atoms with Gasteiger partial charge in [-0.1, -0.05) is 24.3 Å². The van der Waals surface area contributed by atoms with Crippen LogP contribution in [-0.4, -0.2) is 55.0 Å². The molecule has 2 amide bonds. The molecular formula is C15H18N2O3. The van der Waals surface area contributed by atoms with Gasteiger partial charge >= 0.3 is 0 Å². The second-order valence-corrected chi connectivity index (χ2v) is 5.22. The largest absolute Gasteiger partial charge is 0.378 e. The molecular weight excluding hydrogens is 256 g/mol. The minimum atomic E-state index is -0.495. The van der Waals surface area contributed by atoms with Crippen LogP contribution in [0.2, 0.25) is 0 Å². The zero-order chi connectivity index (χ0) is 14.1. The van der Waals surface area contributed by atoms with E-state index < -0.39 is 6.04 Å². The molecule has 0 saturated carbocycles. The zero-order valence-corrected chi connectivity index (χ0v) is 11.5. The van der Waals surface area contributed by atoms with E-state index in [1.807, 2.05) is 24.3 Å². The minimum Gasteiger partial charge on any atom is -0.378 e. The van der Waals surface area contributed by atoms with Crippen molar-refractivity contribution in [1.29, 1.82) is 0 Å². The average Bonchev–Trinajstić information content (AvgIpc) is 2.49. The van der Waals surface area contributed by atoms with Gasteiger partial charge in [0.1, 0.15) is 6.04 Å². The van der Waals surface area contributed by atoms with Crippen LogP contribution < -0.4 is 0 Å². The first-order valence-corrected chi connectivity index (χ1v) is 6.88. The average molecular weight is 274 g/mol. The molecule has 1 fully saturated rings. The lowest BCUT2D eigenvalue weighted by molar-refractivity contribution is -0.148. The van der Waals surface area contributed by atoms with E-state index in [0.717, 1.165) is 11.1 Å². The fraction of sp³-hybridized carbons (Fsp3) is 0.467. The summed E-state index contributed by atoms with van der Waals surface area (Å²) in [5, 5.41) is 0. The molecule has 1 aromatic carbocycles. The first-order chi connectivity index (χ1) is 9.68. The Morgan fingerprint density at radius 2 is 1.95 bits per heavy atom. The Hall–Kier alpha value is -1.88. The number of amides is 2. The standard InChI is InChI=1S/C15H18N2O3/c1-16-13(18)10-11-4-2-3-5-12(11)14(16)15(19)17-6-8-20-9-7-17/h2-5,14H,6-10H2,1H3/t14-/m0/s1. The van der Waals surface area contributed by atoms with Gasteiger partial charge in [0, 0.05) is 20.1 Å². The maximum Gasteiger partial charge on any atom is 0.250 e. The molecule has 20 heavy (non-hydrogen) atoms. The van der Waals surface area contributed by atoms with Crippen LogP contribution in [0.15, 0.2) is 24.3 Å². The van der Waals surface area contributed by atoms with E-state index in [9.17, 15) is 9.59 Å². The first kappa shape index (κ1) is 13.1. The van der Waals surface area contributed by atoms with Crippen LogP contribution in [0.4, 0.5) is 0 Å². The van der Waals surface area contributed by atoms with E-state index in [0.29, 0.717) is 32.7 Å². The lowest BCUT2D eigenvalue weighted by Gasteiger charge is -2.37. The fourth-order valence-electron chi connectivity index (χ4n) is 2.86. The Balaban J connectivity index is 1.94. The Morgan fingerprint density at radius 3 is 2.70 bits per heavy atom. The molecule has 0 bridgehead atoms. The number of ether oxygens (including phenoxy) is 1. The van der Waals surface area contributed by atoms with Crippen LogP contribution in [0.25, 0.3) is 0 Å². The van der Waals surface area contributed by atoms with E-state index in [1.165, 1.54) is 0 Å². The Bertz CT molecular complexity index is 538. The van der Waals surface area contributed by atoms with Crippen LogP contribution in [0.3, 0.4) is 0 Å². The molecule has 0 aliphatic carbocycles. The molecule has 0 spiro atoms. The second-order valence-electron chi connectivity index (χ2n) is 5.22. The van der Waals surface area contributed by atoms with Gasteiger partial charge in [0.15, 0.2) is 0 Å². The van der Waals surface area contributed by atoms with Crippen molar-refractivity contribution in [3.63, 3.8) is 0 Å². The van der Waals surface area contributed by atoms with Gasteiger partial charge in [0.05, 0.1) is 19.6 Å². The molecule has 106 valence electrons. The molecule has 0 radical (unpaired) electrons. The van der Waals surface area contributed by atoms with E-state index >= 15 is 0 Å². The number of fused-ring (bicyclic) bond motifs is 1. The van der Waals surface area contributed by atoms with Crippen molar-refractivity contribution in [3.8, 4) is 0 Å². The van der Waals surface area contributed by atoms with Crippen LogP contribution >= 0.6 is 0 Å². The maximum atomic E-state index is 12.7. The highest BCUT2D eigenvalue weighted by atomic mass is 16.5. The summed E-state index contributed by atoms with van der Waals surface area (Å²) in [5.74, 6) is -0.00777. The number of rotatable bonds is 1. The quantitative estimate of drug-likeness (QED) is 0.753. The topological polar surface area (TPSA) is 49.9 Å². The predicted molar refractivity (Wildman–Crippen MR) is 73.1 cm³/mol. The second kappa shape index (κ2) is 5.25. The highest BCUT2D eigenvalue weighted by Gasteiger charge is 2.37. The van der Waals surface area contributed by atoms with Gasteiger partial charge in [-0.15, -0.1) is 0 Å². The smallest absolute Gasteiger partial charge is 0.250 e. The summed E-state index contributed by atoms with van der Waals surface area (Å²) in [6.07, 6.45) is 0.375. The number of carbonyl (C=O) groups excluding carboxylic acids is 2. The normalized spacial score (nSPS) is 22.6. The van der Waals surface area contributed by atoms with E-state index in [-0.39, 0.29) is 11.8 Å². The van der Waals surface area contributed by atoms with Crippen molar-refractivity contribution in [2.24, 2.45) is 0 Å². The summed E-state index contributed by atoms with van der Waals surface area (Å²) in [7, 11) is 1.71. The molecule has 2 aliphatic heterocycles. The predicted octanol–water partition coefficient (Wildman–Crippen LogP) is 0.601. The Labute approximate surface area is 118 Å². The highest BCUT2D eigenvalue weighted by molar-refractivity contribution is 5.92. The summed E-state index contributed by atoms with van der Waals surface area (Å²) in [6.45, 7) is 2.33. The van der Waals surface area contributed by atoms with Crippen LogP contribution in [0.1, 0.15) is 17.2 Å². The molecule has 1 aromatic rings. The third-order valence-corrected chi connectivity index (χ3v) is 4.03. The third-order valence-electron chi connectivity index (χ3n) is 4.03. The van der Waals surface area contributed by atoms with E-state index in [4.69, 9.17) is 4.74 Å². The highest BCUT2D eigenvalue weighted by Crippen LogP contribution is 2.30. The maximum absolute atomic E-state index is 12.7. The minimum absolute atomic E-state index is 0.00343. The molecule has 5 heteroatoms. The summed E-state index contributed by atoms with van der Waals surface area (Å²) in [6, 6.07) is 7.21. The molecule has 1 atom stereocenters. The lowest BCUT2D eigenvalue weighted by atomic mass is 9.91.